The van der Waals surface area contributed by atoms with Crippen LogP contribution in [0.15, 0.2) is 72.8 Å². The summed E-state index contributed by atoms with van der Waals surface area (Å²) in [5.74, 6) is -1.16. The zero-order valence-corrected chi connectivity index (χ0v) is 17.4. The lowest BCUT2D eigenvalue weighted by molar-refractivity contribution is -0.139. The topological polar surface area (TPSA) is 75.6 Å². The number of aryl methyl sites for hydroxylation is 1. The third-order valence-electron chi connectivity index (χ3n) is 5.80. The van der Waals surface area contributed by atoms with Crippen LogP contribution in [-0.4, -0.2) is 29.8 Å². The summed E-state index contributed by atoms with van der Waals surface area (Å²) >= 11 is 0. The molecule has 158 valence electrons. The van der Waals surface area contributed by atoms with Gasteiger partial charge in [0, 0.05) is 12.3 Å². The Morgan fingerprint density at radius 3 is 2.00 bits per heavy atom. The van der Waals surface area contributed by atoms with Gasteiger partial charge in [-0.1, -0.05) is 79.7 Å². The quantitative estimate of drug-likeness (QED) is 0.582. The molecule has 0 fully saturated rings. The highest BCUT2D eigenvalue weighted by atomic mass is 16.5. The molecule has 0 heterocycles. The van der Waals surface area contributed by atoms with Gasteiger partial charge in [-0.25, -0.2) is 9.59 Å². The minimum absolute atomic E-state index is 0.0667. The summed E-state index contributed by atoms with van der Waals surface area (Å²) in [6, 6.07) is 22.9. The Balaban J connectivity index is 1.41. The second kappa shape index (κ2) is 9.04. The first-order valence-corrected chi connectivity index (χ1v) is 10.5. The number of nitrogens with one attached hydrogen (secondary N) is 1. The summed E-state index contributed by atoms with van der Waals surface area (Å²) < 4.78 is 5.48. The van der Waals surface area contributed by atoms with Gasteiger partial charge >= 0.3 is 12.1 Å². The lowest BCUT2D eigenvalue weighted by Crippen LogP contribution is -2.42. The van der Waals surface area contributed by atoms with Crippen LogP contribution in [0.1, 0.15) is 35.1 Å². The number of aliphatic carboxylic acids is 1. The molecule has 4 rings (SSSR count). The van der Waals surface area contributed by atoms with Crippen molar-refractivity contribution in [1.82, 2.24) is 5.32 Å². The van der Waals surface area contributed by atoms with E-state index in [-0.39, 0.29) is 18.9 Å². The predicted molar refractivity (Wildman–Crippen MR) is 119 cm³/mol. The van der Waals surface area contributed by atoms with Crippen molar-refractivity contribution in [1.29, 1.82) is 0 Å². The highest BCUT2D eigenvalue weighted by Crippen LogP contribution is 2.44. The molecule has 1 amide bonds. The summed E-state index contributed by atoms with van der Waals surface area (Å²) in [6.07, 6.45) is 0.392. The number of carboxylic acids is 1. The number of rotatable bonds is 7. The molecule has 3 aromatic carbocycles. The van der Waals surface area contributed by atoms with Gasteiger partial charge in [-0.2, -0.15) is 0 Å². The molecule has 5 heteroatoms. The number of hydrogen-bond donors (Lipinski definition) is 2. The molecule has 0 spiro atoms. The van der Waals surface area contributed by atoms with Gasteiger partial charge in [-0.15, -0.1) is 0 Å². The van der Waals surface area contributed by atoms with Crippen LogP contribution in [0.2, 0.25) is 0 Å². The largest absolute Gasteiger partial charge is 0.480 e. The predicted octanol–water partition coefficient (Wildman–Crippen LogP) is 4.78. The Hall–Kier alpha value is -3.60. The summed E-state index contributed by atoms with van der Waals surface area (Å²) in [4.78, 5) is 24.1. The highest BCUT2D eigenvalue weighted by molar-refractivity contribution is 5.81. The summed E-state index contributed by atoms with van der Waals surface area (Å²) in [6.45, 7) is 2.21. The van der Waals surface area contributed by atoms with Gasteiger partial charge in [0.25, 0.3) is 0 Å². The molecule has 1 aliphatic rings. The van der Waals surface area contributed by atoms with Crippen LogP contribution in [0.4, 0.5) is 4.79 Å². The molecule has 0 unspecified atom stereocenters. The molecule has 0 saturated carbocycles. The van der Waals surface area contributed by atoms with E-state index in [1.807, 2.05) is 60.7 Å². The van der Waals surface area contributed by atoms with Gasteiger partial charge < -0.3 is 15.2 Å². The van der Waals surface area contributed by atoms with E-state index in [9.17, 15) is 14.7 Å². The maximum atomic E-state index is 12.4. The molecule has 0 aliphatic heterocycles. The molecule has 1 aliphatic carbocycles. The molecule has 1 atom stereocenters. The zero-order valence-electron chi connectivity index (χ0n) is 17.4. The SMILES string of the molecule is CCc1ccc(C[C@@H](NC(=O)OCC2c3ccccc3-c3ccccc32)C(=O)O)cc1. The molecule has 31 heavy (non-hydrogen) atoms. The number of fused-ring (bicyclic) bond motifs is 3. The van der Waals surface area contributed by atoms with Crippen LogP contribution >= 0.6 is 0 Å². The average molecular weight is 415 g/mol. The molecular formula is C26H25NO4. The normalized spacial score (nSPS) is 13.2. The maximum absolute atomic E-state index is 12.4. The Morgan fingerprint density at radius 1 is 0.903 bits per heavy atom. The summed E-state index contributed by atoms with van der Waals surface area (Å²) in [7, 11) is 0. The number of hydrogen-bond acceptors (Lipinski definition) is 3. The van der Waals surface area contributed by atoms with Crippen molar-refractivity contribution < 1.29 is 19.4 Å². The third-order valence-corrected chi connectivity index (χ3v) is 5.80. The monoisotopic (exact) mass is 415 g/mol. The second-order valence-electron chi connectivity index (χ2n) is 7.73. The average Bonchev–Trinajstić information content (AvgIpc) is 3.11. The van der Waals surface area contributed by atoms with Gasteiger partial charge in [0.2, 0.25) is 0 Å². The fraction of sp³-hybridized carbons (Fsp3) is 0.231. The molecule has 0 saturated heterocycles. The Kier molecular flexibility index (Phi) is 6.03. The van der Waals surface area contributed by atoms with Crippen molar-refractivity contribution >= 4 is 12.1 Å². The van der Waals surface area contributed by atoms with Crippen molar-refractivity contribution in [3.05, 3.63) is 95.1 Å². The van der Waals surface area contributed by atoms with Gasteiger partial charge in [-0.3, -0.25) is 0 Å². The number of alkyl carbamates (subject to hydrolysis) is 1. The maximum Gasteiger partial charge on any atom is 0.407 e. The van der Waals surface area contributed by atoms with Gasteiger partial charge in [0.05, 0.1) is 0 Å². The van der Waals surface area contributed by atoms with Crippen LogP contribution in [-0.2, 0) is 22.4 Å². The van der Waals surface area contributed by atoms with Gasteiger partial charge in [0.1, 0.15) is 12.6 Å². The van der Waals surface area contributed by atoms with Crippen molar-refractivity contribution in [2.24, 2.45) is 0 Å². The van der Waals surface area contributed by atoms with Crippen molar-refractivity contribution in [3.63, 3.8) is 0 Å². The fourth-order valence-corrected chi connectivity index (χ4v) is 4.13. The first kappa shape index (κ1) is 20.7. The number of benzene rings is 3. The second-order valence-corrected chi connectivity index (χ2v) is 7.73. The smallest absolute Gasteiger partial charge is 0.407 e. The Morgan fingerprint density at radius 2 is 1.45 bits per heavy atom. The minimum Gasteiger partial charge on any atom is -0.480 e. The molecule has 0 aromatic heterocycles. The van der Waals surface area contributed by atoms with E-state index in [1.54, 1.807) is 0 Å². The summed E-state index contributed by atoms with van der Waals surface area (Å²) in [5, 5.41) is 12.1. The summed E-state index contributed by atoms with van der Waals surface area (Å²) in [5.41, 5.74) is 6.55. The lowest BCUT2D eigenvalue weighted by atomic mass is 9.98. The highest BCUT2D eigenvalue weighted by Gasteiger charge is 2.29. The molecule has 0 bridgehead atoms. The number of carboxylic acid groups (broad SMARTS) is 1. The van der Waals surface area contributed by atoms with E-state index in [0.717, 1.165) is 34.2 Å². The Bertz CT molecular complexity index is 1050. The fourth-order valence-electron chi connectivity index (χ4n) is 4.13. The van der Waals surface area contributed by atoms with E-state index in [1.165, 1.54) is 5.56 Å². The van der Waals surface area contributed by atoms with Gasteiger partial charge in [-0.05, 0) is 39.8 Å². The first-order chi connectivity index (χ1) is 15.1. The first-order valence-electron chi connectivity index (χ1n) is 10.5. The van der Waals surface area contributed by atoms with E-state index in [4.69, 9.17) is 4.74 Å². The minimum atomic E-state index is -1.09. The van der Waals surface area contributed by atoms with Crippen molar-refractivity contribution in [3.8, 4) is 11.1 Å². The zero-order chi connectivity index (χ0) is 21.8. The van der Waals surface area contributed by atoms with Crippen LogP contribution in [0, 0.1) is 0 Å². The Labute approximate surface area is 181 Å². The van der Waals surface area contributed by atoms with Crippen LogP contribution < -0.4 is 5.32 Å². The van der Waals surface area contributed by atoms with Crippen LogP contribution in [0.3, 0.4) is 0 Å². The lowest BCUT2D eigenvalue weighted by Gasteiger charge is -2.17. The number of carbonyl (C=O) groups is 2. The number of carbonyl (C=O) groups excluding carboxylic acids is 1. The van der Waals surface area contributed by atoms with Crippen molar-refractivity contribution in [2.45, 2.75) is 31.7 Å². The van der Waals surface area contributed by atoms with Crippen LogP contribution in [0.25, 0.3) is 11.1 Å². The van der Waals surface area contributed by atoms with Crippen LogP contribution in [0.5, 0.6) is 0 Å². The van der Waals surface area contributed by atoms with E-state index >= 15 is 0 Å². The van der Waals surface area contributed by atoms with Gasteiger partial charge in [0.15, 0.2) is 0 Å². The third kappa shape index (κ3) is 4.45. The number of ether oxygens (including phenoxy) is 1. The van der Waals surface area contributed by atoms with E-state index in [2.05, 4.69) is 24.4 Å². The molecule has 0 radical (unpaired) electrons. The van der Waals surface area contributed by atoms with E-state index in [0.29, 0.717) is 0 Å². The molecular weight excluding hydrogens is 390 g/mol. The molecule has 5 nitrogen and oxygen atoms in total. The molecule has 3 aromatic rings. The number of amides is 1. The van der Waals surface area contributed by atoms with E-state index < -0.39 is 18.1 Å². The standard InChI is InChI=1S/C26H25NO4/c1-2-17-11-13-18(14-12-17)15-24(25(28)29)27-26(30)31-16-23-21-9-5-3-7-19(21)20-8-4-6-10-22(20)23/h3-14,23-24H,2,15-16H2,1H3,(H,27,30)(H,28,29)/t24-/m1/s1. The molecule has 2 N–H and O–H groups in total. The van der Waals surface area contributed by atoms with Crippen molar-refractivity contribution in [2.75, 3.05) is 6.61 Å².